The summed E-state index contributed by atoms with van der Waals surface area (Å²) in [5, 5.41) is 13.4. The molecule has 8 nitrogen and oxygen atoms in total. The highest BCUT2D eigenvalue weighted by molar-refractivity contribution is 5.38. The molecular formula is C20H26N8. The highest BCUT2D eigenvalue weighted by atomic mass is 15.6. The smallest absolute Gasteiger partial charge is 0.196 e. The number of pyridine rings is 2. The molecule has 3 aromatic rings. The van der Waals surface area contributed by atoms with E-state index >= 15 is 0 Å². The molecule has 0 bridgehead atoms. The van der Waals surface area contributed by atoms with Crippen molar-refractivity contribution >= 4 is 5.82 Å². The molecule has 1 fully saturated rings. The summed E-state index contributed by atoms with van der Waals surface area (Å²) in [4.78, 5) is 15.2. The summed E-state index contributed by atoms with van der Waals surface area (Å²) >= 11 is 0. The van der Waals surface area contributed by atoms with Crippen molar-refractivity contribution in [3.8, 4) is 0 Å². The van der Waals surface area contributed by atoms with Gasteiger partial charge in [0, 0.05) is 44.8 Å². The number of tetrazole rings is 1. The van der Waals surface area contributed by atoms with Crippen LogP contribution in [-0.2, 0) is 5.54 Å². The second-order valence-corrected chi connectivity index (χ2v) is 8.01. The fraction of sp³-hybridized carbons (Fsp3) is 0.450. The van der Waals surface area contributed by atoms with E-state index in [1.807, 2.05) is 30.6 Å². The van der Waals surface area contributed by atoms with E-state index in [4.69, 9.17) is 5.10 Å². The molecule has 146 valence electrons. The van der Waals surface area contributed by atoms with Crippen LogP contribution in [0.5, 0.6) is 0 Å². The molecule has 0 spiro atoms. The third-order valence-corrected chi connectivity index (χ3v) is 4.93. The van der Waals surface area contributed by atoms with Gasteiger partial charge in [-0.15, -0.1) is 10.2 Å². The number of aromatic nitrogens is 6. The predicted molar refractivity (Wildman–Crippen MR) is 107 cm³/mol. The highest BCUT2D eigenvalue weighted by Gasteiger charge is 2.31. The lowest BCUT2D eigenvalue weighted by molar-refractivity contribution is 0.203. The van der Waals surface area contributed by atoms with Crippen LogP contribution in [0.1, 0.15) is 38.2 Å². The zero-order valence-electron chi connectivity index (χ0n) is 16.6. The molecule has 0 radical (unpaired) electrons. The maximum absolute atomic E-state index is 4.71. The van der Waals surface area contributed by atoms with Gasteiger partial charge in [0.2, 0.25) is 0 Å². The molecule has 1 aliphatic rings. The molecule has 0 amide bonds. The van der Waals surface area contributed by atoms with Gasteiger partial charge < -0.3 is 4.90 Å². The maximum atomic E-state index is 4.71. The summed E-state index contributed by atoms with van der Waals surface area (Å²) in [7, 11) is 0. The SMILES string of the molecule is CC(C)(C)n1nnc(C(c2cccnc2)N2CCN(c3ccccn3)CC2)n1. The van der Waals surface area contributed by atoms with Gasteiger partial charge in [-0.3, -0.25) is 9.88 Å². The Morgan fingerprint density at radius 1 is 0.964 bits per heavy atom. The Hall–Kier alpha value is -2.87. The summed E-state index contributed by atoms with van der Waals surface area (Å²) in [6.07, 6.45) is 5.53. The summed E-state index contributed by atoms with van der Waals surface area (Å²) in [5.41, 5.74) is 0.879. The Morgan fingerprint density at radius 3 is 2.39 bits per heavy atom. The highest BCUT2D eigenvalue weighted by Crippen LogP contribution is 2.27. The first-order valence-corrected chi connectivity index (χ1v) is 9.63. The van der Waals surface area contributed by atoms with Crippen LogP contribution in [0.4, 0.5) is 5.82 Å². The van der Waals surface area contributed by atoms with Crippen LogP contribution in [0.2, 0.25) is 0 Å². The molecule has 1 unspecified atom stereocenters. The van der Waals surface area contributed by atoms with Crippen LogP contribution < -0.4 is 4.90 Å². The van der Waals surface area contributed by atoms with E-state index in [-0.39, 0.29) is 11.6 Å². The first kappa shape index (κ1) is 18.5. The maximum Gasteiger partial charge on any atom is 0.196 e. The number of hydrogen-bond donors (Lipinski definition) is 0. The summed E-state index contributed by atoms with van der Waals surface area (Å²) in [6, 6.07) is 10.0. The zero-order chi connectivity index (χ0) is 19.6. The molecule has 4 rings (SSSR count). The van der Waals surface area contributed by atoms with Crippen molar-refractivity contribution in [3.63, 3.8) is 0 Å². The van der Waals surface area contributed by atoms with E-state index in [0.717, 1.165) is 37.6 Å². The third kappa shape index (κ3) is 3.87. The number of anilines is 1. The molecule has 0 aliphatic carbocycles. The molecule has 0 N–H and O–H groups in total. The van der Waals surface area contributed by atoms with Crippen molar-refractivity contribution in [1.82, 2.24) is 35.1 Å². The Morgan fingerprint density at radius 2 is 1.79 bits per heavy atom. The number of rotatable bonds is 4. The minimum atomic E-state index is -0.206. The van der Waals surface area contributed by atoms with Gasteiger partial charge >= 0.3 is 0 Å². The van der Waals surface area contributed by atoms with Crippen molar-refractivity contribution in [2.75, 3.05) is 31.1 Å². The van der Waals surface area contributed by atoms with Crippen LogP contribution in [0.3, 0.4) is 0 Å². The minimum absolute atomic E-state index is 0.0596. The molecule has 3 aromatic heterocycles. The van der Waals surface area contributed by atoms with Gasteiger partial charge in [-0.1, -0.05) is 12.1 Å². The van der Waals surface area contributed by atoms with E-state index in [9.17, 15) is 0 Å². The molecule has 8 heteroatoms. The average molecular weight is 378 g/mol. The van der Waals surface area contributed by atoms with E-state index in [1.165, 1.54) is 0 Å². The number of nitrogens with zero attached hydrogens (tertiary/aromatic N) is 8. The van der Waals surface area contributed by atoms with Gasteiger partial charge in [0.1, 0.15) is 11.9 Å². The van der Waals surface area contributed by atoms with Crippen molar-refractivity contribution in [2.45, 2.75) is 32.4 Å². The van der Waals surface area contributed by atoms with Gasteiger partial charge in [-0.25, -0.2) is 4.98 Å². The second kappa shape index (κ2) is 7.63. The van der Waals surface area contributed by atoms with Crippen LogP contribution >= 0.6 is 0 Å². The van der Waals surface area contributed by atoms with Gasteiger partial charge in [0.15, 0.2) is 5.82 Å². The van der Waals surface area contributed by atoms with Crippen LogP contribution in [0.25, 0.3) is 0 Å². The Labute approximate surface area is 165 Å². The standard InChI is InChI=1S/C20H26N8/c1-20(2,3)28-24-19(23-25-28)18(16-7-6-9-21-15-16)27-13-11-26(12-14-27)17-8-4-5-10-22-17/h4-10,15,18H,11-14H2,1-3H3. The first-order chi connectivity index (χ1) is 13.5. The zero-order valence-corrected chi connectivity index (χ0v) is 16.6. The van der Waals surface area contributed by atoms with E-state index < -0.39 is 0 Å². The van der Waals surface area contributed by atoms with E-state index in [0.29, 0.717) is 5.82 Å². The quantitative estimate of drug-likeness (QED) is 0.688. The van der Waals surface area contributed by atoms with Crippen LogP contribution in [0, 0.1) is 0 Å². The lowest BCUT2D eigenvalue weighted by Crippen LogP contribution is -2.48. The lowest BCUT2D eigenvalue weighted by Gasteiger charge is -2.38. The fourth-order valence-corrected chi connectivity index (χ4v) is 3.43. The Balaban J connectivity index is 1.58. The monoisotopic (exact) mass is 378 g/mol. The molecule has 0 aromatic carbocycles. The van der Waals surface area contributed by atoms with Gasteiger partial charge in [0.05, 0.1) is 5.54 Å². The van der Waals surface area contributed by atoms with Crippen LogP contribution in [0.15, 0.2) is 48.9 Å². The Bertz CT molecular complexity index is 879. The minimum Gasteiger partial charge on any atom is -0.354 e. The molecule has 1 atom stereocenters. The fourth-order valence-electron chi connectivity index (χ4n) is 3.43. The number of piperazine rings is 1. The topological polar surface area (TPSA) is 75.9 Å². The normalized spacial score (nSPS) is 16.9. The summed E-state index contributed by atoms with van der Waals surface area (Å²) in [6.45, 7) is 9.80. The molecule has 1 aliphatic heterocycles. The van der Waals surface area contributed by atoms with Gasteiger partial charge in [-0.05, 0) is 49.7 Å². The molecular weight excluding hydrogens is 352 g/mol. The second-order valence-electron chi connectivity index (χ2n) is 8.01. The van der Waals surface area contributed by atoms with Crippen molar-refractivity contribution in [1.29, 1.82) is 0 Å². The lowest BCUT2D eigenvalue weighted by atomic mass is 10.1. The van der Waals surface area contributed by atoms with Crippen LogP contribution in [-0.4, -0.2) is 61.3 Å². The van der Waals surface area contributed by atoms with E-state index in [1.54, 1.807) is 11.0 Å². The van der Waals surface area contributed by atoms with Crippen molar-refractivity contribution in [2.24, 2.45) is 0 Å². The van der Waals surface area contributed by atoms with Gasteiger partial charge in [0.25, 0.3) is 0 Å². The predicted octanol–water partition coefficient (Wildman–Crippen LogP) is 2.13. The molecule has 1 saturated heterocycles. The first-order valence-electron chi connectivity index (χ1n) is 9.63. The molecule has 0 saturated carbocycles. The molecule has 4 heterocycles. The van der Waals surface area contributed by atoms with Crippen molar-refractivity contribution in [3.05, 3.63) is 60.3 Å². The van der Waals surface area contributed by atoms with Gasteiger partial charge in [-0.2, -0.15) is 4.80 Å². The molecule has 28 heavy (non-hydrogen) atoms. The summed E-state index contributed by atoms with van der Waals surface area (Å²) in [5.74, 6) is 1.74. The average Bonchev–Trinajstić information content (AvgIpc) is 3.21. The largest absolute Gasteiger partial charge is 0.354 e. The number of hydrogen-bond acceptors (Lipinski definition) is 7. The third-order valence-electron chi connectivity index (χ3n) is 4.93. The Kier molecular flexibility index (Phi) is 5.04. The van der Waals surface area contributed by atoms with E-state index in [2.05, 4.69) is 63.0 Å². The summed E-state index contributed by atoms with van der Waals surface area (Å²) < 4.78 is 0. The van der Waals surface area contributed by atoms with Crippen molar-refractivity contribution < 1.29 is 0 Å².